The molecule has 1 atom stereocenters. The molecule has 2 nitrogen and oxygen atoms in total. The number of alkyl halides is 1. The van der Waals surface area contributed by atoms with Gasteiger partial charge in [0.2, 0.25) is 5.25 Å². The lowest BCUT2D eigenvalue weighted by Gasteiger charge is -2.16. The third-order valence-corrected chi connectivity index (χ3v) is 1.69. The molecule has 0 saturated carbocycles. The van der Waals surface area contributed by atoms with Crippen LogP contribution in [0.1, 0.15) is 12.8 Å². The Balaban J connectivity index is 2.40. The lowest BCUT2D eigenvalue weighted by molar-refractivity contribution is -0.126. The zero-order valence-electron chi connectivity index (χ0n) is 4.82. The van der Waals surface area contributed by atoms with Gasteiger partial charge in [0, 0.05) is 13.5 Å². The summed E-state index contributed by atoms with van der Waals surface area (Å²) in [6.45, 7) is 0.720. The normalized spacial score (nSPS) is 38.2. The molecule has 0 spiro atoms. The average Bonchev–Trinajstić information content (AvgIpc) is 2.17. The predicted molar refractivity (Wildman–Crippen MR) is 30.8 cm³/mol. The molecule has 0 aromatic heterocycles. The zero-order valence-corrected chi connectivity index (χ0v) is 5.57. The molecule has 0 N–H and O–H groups in total. The molecule has 1 fully saturated rings. The van der Waals surface area contributed by atoms with Gasteiger partial charge in [0.1, 0.15) is 0 Å². The summed E-state index contributed by atoms with van der Waals surface area (Å²) >= 11 is 5.71. The standard InChI is InChI=1S/C5H9ClO2/c1-7-5(6)3-2-4-8-5/h2-4H2,1H3. The molecule has 1 saturated heterocycles. The molecule has 0 amide bonds. The summed E-state index contributed by atoms with van der Waals surface area (Å²) in [6.07, 6.45) is 1.79. The second kappa shape index (κ2) is 2.21. The highest BCUT2D eigenvalue weighted by Gasteiger charge is 2.31. The van der Waals surface area contributed by atoms with Crippen molar-refractivity contribution in [1.29, 1.82) is 0 Å². The van der Waals surface area contributed by atoms with Gasteiger partial charge in [-0.3, -0.25) is 0 Å². The molecule has 8 heavy (non-hydrogen) atoms. The third-order valence-electron chi connectivity index (χ3n) is 1.24. The van der Waals surface area contributed by atoms with Crippen molar-refractivity contribution in [2.75, 3.05) is 13.7 Å². The molecule has 3 heteroatoms. The quantitative estimate of drug-likeness (QED) is 0.507. The summed E-state index contributed by atoms with van der Waals surface area (Å²) < 4.78 is 9.87. The lowest BCUT2D eigenvalue weighted by Crippen LogP contribution is -2.21. The van der Waals surface area contributed by atoms with Gasteiger partial charge in [-0.15, -0.1) is 0 Å². The molecule has 0 aromatic rings. The first-order valence-corrected chi connectivity index (χ1v) is 3.03. The SMILES string of the molecule is COC1(Cl)CCCO1. The van der Waals surface area contributed by atoms with Gasteiger partial charge < -0.3 is 9.47 Å². The first kappa shape index (κ1) is 6.33. The van der Waals surface area contributed by atoms with E-state index in [1.165, 1.54) is 0 Å². The van der Waals surface area contributed by atoms with E-state index in [4.69, 9.17) is 21.1 Å². The molecule has 48 valence electrons. The Labute approximate surface area is 53.7 Å². The molecule has 0 aromatic carbocycles. The molecular formula is C5H9ClO2. The summed E-state index contributed by atoms with van der Waals surface area (Å²) in [5.41, 5.74) is 0. The Hall–Kier alpha value is 0.210. The van der Waals surface area contributed by atoms with Crippen LogP contribution in [0.3, 0.4) is 0 Å². The second-order valence-corrected chi connectivity index (χ2v) is 2.39. The molecule has 1 rings (SSSR count). The van der Waals surface area contributed by atoms with Crippen molar-refractivity contribution in [3.63, 3.8) is 0 Å². The fourth-order valence-corrected chi connectivity index (χ4v) is 0.952. The van der Waals surface area contributed by atoms with Crippen LogP contribution in [0.2, 0.25) is 0 Å². The van der Waals surface area contributed by atoms with E-state index in [1.54, 1.807) is 7.11 Å². The van der Waals surface area contributed by atoms with Crippen molar-refractivity contribution in [1.82, 2.24) is 0 Å². The van der Waals surface area contributed by atoms with Gasteiger partial charge >= 0.3 is 0 Å². The van der Waals surface area contributed by atoms with Crippen molar-refractivity contribution < 1.29 is 9.47 Å². The van der Waals surface area contributed by atoms with Crippen LogP contribution in [0.5, 0.6) is 0 Å². The van der Waals surface area contributed by atoms with Crippen LogP contribution in [0.25, 0.3) is 0 Å². The summed E-state index contributed by atoms with van der Waals surface area (Å²) in [5.74, 6) is 0. The van der Waals surface area contributed by atoms with E-state index in [0.29, 0.717) is 0 Å². The smallest absolute Gasteiger partial charge is 0.248 e. The molecule has 0 bridgehead atoms. The number of hydrogen-bond donors (Lipinski definition) is 0. The van der Waals surface area contributed by atoms with Gasteiger partial charge in [0.25, 0.3) is 0 Å². The Morgan fingerprint density at radius 2 is 2.50 bits per heavy atom. The molecular weight excluding hydrogens is 128 g/mol. The minimum absolute atomic E-state index is 0.720. The monoisotopic (exact) mass is 136 g/mol. The van der Waals surface area contributed by atoms with Crippen molar-refractivity contribution in [3.05, 3.63) is 0 Å². The van der Waals surface area contributed by atoms with E-state index in [1.807, 2.05) is 0 Å². The van der Waals surface area contributed by atoms with Crippen LogP contribution in [0, 0.1) is 0 Å². The molecule has 1 unspecified atom stereocenters. The van der Waals surface area contributed by atoms with Crippen LogP contribution in [0.15, 0.2) is 0 Å². The minimum Gasteiger partial charge on any atom is -0.341 e. The largest absolute Gasteiger partial charge is 0.341 e. The van der Waals surface area contributed by atoms with Gasteiger partial charge in [-0.2, -0.15) is 0 Å². The molecule has 1 aliphatic rings. The highest BCUT2D eigenvalue weighted by molar-refractivity contribution is 6.22. The van der Waals surface area contributed by atoms with Crippen LogP contribution in [-0.2, 0) is 9.47 Å². The zero-order chi connectivity index (χ0) is 6.04. The molecule has 1 heterocycles. The number of methoxy groups -OCH3 is 1. The number of rotatable bonds is 1. The highest BCUT2D eigenvalue weighted by Crippen LogP contribution is 2.29. The first-order chi connectivity index (χ1) is 3.77. The average molecular weight is 137 g/mol. The van der Waals surface area contributed by atoms with Crippen LogP contribution >= 0.6 is 11.6 Å². The second-order valence-electron chi connectivity index (χ2n) is 1.82. The number of halogens is 1. The highest BCUT2D eigenvalue weighted by atomic mass is 35.5. The van der Waals surface area contributed by atoms with Crippen molar-refractivity contribution >= 4 is 11.6 Å². The van der Waals surface area contributed by atoms with Gasteiger partial charge in [0.05, 0.1) is 6.61 Å². The number of hydrogen-bond acceptors (Lipinski definition) is 2. The lowest BCUT2D eigenvalue weighted by atomic mass is 10.4. The molecule has 0 aliphatic carbocycles. The van der Waals surface area contributed by atoms with Gasteiger partial charge in [0.15, 0.2) is 0 Å². The maximum absolute atomic E-state index is 5.71. The summed E-state index contributed by atoms with van der Waals surface area (Å²) in [5, 5.41) is -0.792. The topological polar surface area (TPSA) is 18.5 Å². The van der Waals surface area contributed by atoms with E-state index in [0.717, 1.165) is 19.4 Å². The Bertz CT molecular complexity index is 78.5. The first-order valence-electron chi connectivity index (χ1n) is 2.65. The van der Waals surface area contributed by atoms with E-state index in [-0.39, 0.29) is 0 Å². The summed E-state index contributed by atoms with van der Waals surface area (Å²) in [4.78, 5) is 0. The van der Waals surface area contributed by atoms with E-state index in [9.17, 15) is 0 Å². The fraction of sp³-hybridized carbons (Fsp3) is 1.00. The summed E-state index contributed by atoms with van der Waals surface area (Å²) in [6, 6.07) is 0. The maximum Gasteiger partial charge on any atom is 0.248 e. The molecule has 0 radical (unpaired) electrons. The van der Waals surface area contributed by atoms with E-state index >= 15 is 0 Å². The predicted octanol–water partition coefficient (Wildman–Crippen LogP) is 1.34. The van der Waals surface area contributed by atoms with E-state index < -0.39 is 5.25 Å². The van der Waals surface area contributed by atoms with Crippen LogP contribution in [0.4, 0.5) is 0 Å². The van der Waals surface area contributed by atoms with Crippen LogP contribution in [-0.4, -0.2) is 19.0 Å². The van der Waals surface area contributed by atoms with Crippen LogP contribution < -0.4 is 0 Å². The van der Waals surface area contributed by atoms with Gasteiger partial charge in [-0.05, 0) is 6.42 Å². The molecule has 1 aliphatic heterocycles. The van der Waals surface area contributed by atoms with Crippen molar-refractivity contribution in [2.45, 2.75) is 18.1 Å². The third kappa shape index (κ3) is 1.13. The Kier molecular flexibility index (Phi) is 1.75. The van der Waals surface area contributed by atoms with Crippen molar-refractivity contribution in [3.8, 4) is 0 Å². The number of ether oxygens (including phenoxy) is 2. The van der Waals surface area contributed by atoms with Crippen molar-refractivity contribution in [2.24, 2.45) is 0 Å². The minimum atomic E-state index is -0.792. The Morgan fingerprint density at radius 3 is 2.75 bits per heavy atom. The van der Waals surface area contributed by atoms with Gasteiger partial charge in [-0.25, -0.2) is 0 Å². The maximum atomic E-state index is 5.71. The van der Waals surface area contributed by atoms with Gasteiger partial charge in [-0.1, -0.05) is 11.6 Å². The van der Waals surface area contributed by atoms with E-state index in [2.05, 4.69) is 0 Å². The fourth-order valence-electron chi connectivity index (χ4n) is 0.741. The Morgan fingerprint density at radius 1 is 1.75 bits per heavy atom. The summed E-state index contributed by atoms with van der Waals surface area (Å²) in [7, 11) is 1.55.